The number of aliphatic hydroxyl groups excluding tert-OH is 1. The lowest BCUT2D eigenvalue weighted by atomic mass is 9.82. The zero-order chi connectivity index (χ0) is 16.2. The van der Waals surface area contributed by atoms with Crippen molar-refractivity contribution in [1.82, 2.24) is 0 Å². The molecule has 1 rings (SSSR count). The summed E-state index contributed by atoms with van der Waals surface area (Å²) >= 11 is 0. The van der Waals surface area contributed by atoms with Gasteiger partial charge in [-0.1, -0.05) is 64.9 Å². The molecule has 0 bridgehead atoms. The maximum absolute atomic E-state index is 10.4. The molecule has 128 valence electrons. The molecule has 0 heterocycles. The Morgan fingerprint density at radius 3 is 1.68 bits per heavy atom. The highest BCUT2D eigenvalue weighted by atomic mass is 16.3. The molecule has 0 aliphatic heterocycles. The monoisotopic (exact) mass is 306 g/mol. The molecule has 0 aromatic heterocycles. The molecule has 1 heteroatoms. The van der Waals surface area contributed by atoms with Crippen LogP contribution in [0.1, 0.15) is 111 Å². The second kappa shape index (κ2) is 11.8. The minimum atomic E-state index is 0.710. The average molecular weight is 307 g/mol. The Balaban J connectivity index is 2.80. The molecule has 1 aliphatic rings. The largest absolute Gasteiger partial charge is 0.512 e. The van der Waals surface area contributed by atoms with Gasteiger partial charge < -0.3 is 5.11 Å². The first-order valence-corrected chi connectivity index (χ1v) is 9.86. The zero-order valence-corrected chi connectivity index (χ0v) is 15.3. The fraction of sp³-hybridized carbons (Fsp3) is 0.810. The van der Waals surface area contributed by atoms with Crippen molar-refractivity contribution in [3.05, 3.63) is 22.5 Å². The molecule has 0 aromatic carbocycles. The van der Waals surface area contributed by atoms with Gasteiger partial charge in [0.25, 0.3) is 0 Å². The molecule has 0 saturated heterocycles. The van der Waals surface area contributed by atoms with Crippen LogP contribution < -0.4 is 0 Å². The summed E-state index contributed by atoms with van der Waals surface area (Å²) in [7, 11) is 0. The molecule has 0 saturated carbocycles. The van der Waals surface area contributed by atoms with Crippen LogP contribution in [0.4, 0.5) is 0 Å². The van der Waals surface area contributed by atoms with Crippen molar-refractivity contribution in [2.75, 3.05) is 0 Å². The van der Waals surface area contributed by atoms with Gasteiger partial charge in [-0.2, -0.15) is 0 Å². The summed E-state index contributed by atoms with van der Waals surface area (Å²) in [4.78, 5) is 0. The highest BCUT2D eigenvalue weighted by Crippen LogP contribution is 2.37. The fourth-order valence-electron chi connectivity index (χ4n) is 3.55. The van der Waals surface area contributed by atoms with Gasteiger partial charge in [-0.3, -0.25) is 0 Å². The molecule has 1 aliphatic carbocycles. The molecule has 1 N–H and O–H groups in total. The maximum atomic E-state index is 10.4. The van der Waals surface area contributed by atoms with E-state index in [1.54, 1.807) is 11.1 Å². The number of allylic oxidation sites excluding steroid dienone is 4. The average Bonchev–Trinajstić information content (AvgIpc) is 2.52. The van der Waals surface area contributed by atoms with Crippen LogP contribution >= 0.6 is 0 Å². The number of hydrogen-bond donors (Lipinski definition) is 1. The second-order valence-electron chi connectivity index (χ2n) is 6.88. The lowest BCUT2D eigenvalue weighted by Gasteiger charge is -2.25. The first-order valence-electron chi connectivity index (χ1n) is 9.86. The first-order chi connectivity index (χ1) is 10.7. The summed E-state index contributed by atoms with van der Waals surface area (Å²) in [5.41, 5.74) is 4.57. The fourth-order valence-corrected chi connectivity index (χ4v) is 3.55. The van der Waals surface area contributed by atoms with Crippen LogP contribution in [0.5, 0.6) is 0 Å². The van der Waals surface area contributed by atoms with Crippen LogP contribution in [0.25, 0.3) is 0 Å². The Labute approximate surface area is 138 Å². The Hall–Kier alpha value is -0.720. The predicted octanol–water partition coefficient (Wildman–Crippen LogP) is 7.63. The van der Waals surface area contributed by atoms with Gasteiger partial charge in [-0.15, -0.1) is 0 Å². The molecular weight excluding hydrogens is 268 g/mol. The van der Waals surface area contributed by atoms with E-state index in [1.807, 2.05) is 0 Å². The van der Waals surface area contributed by atoms with Gasteiger partial charge in [0, 0.05) is 6.42 Å². The van der Waals surface area contributed by atoms with Gasteiger partial charge >= 0.3 is 0 Å². The molecule has 0 aromatic rings. The van der Waals surface area contributed by atoms with Crippen LogP contribution in [0, 0.1) is 0 Å². The topological polar surface area (TPSA) is 20.2 Å². The van der Waals surface area contributed by atoms with E-state index in [-0.39, 0.29) is 0 Å². The SMILES string of the molecule is CCCCCC1=C(CCCCC)C(CCCCC)=C(O)CC1. The third-order valence-electron chi connectivity index (χ3n) is 4.95. The van der Waals surface area contributed by atoms with E-state index < -0.39 is 0 Å². The van der Waals surface area contributed by atoms with Crippen molar-refractivity contribution in [1.29, 1.82) is 0 Å². The van der Waals surface area contributed by atoms with E-state index in [9.17, 15) is 5.11 Å². The third kappa shape index (κ3) is 6.58. The zero-order valence-electron chi connectivity index (χ0n) is 15.3. The molecule has 0 unspecified atom stereocenters. The molecule has 0 fully saturated rings. The second-order valence-corrected chi connectivity index (χ2v) is 6.88. The molecular formula is C21H38O. The van der Waals surface area contributed by atoms with Crippen molar-refractivity contribution in [3.8, 4) is 0 Å². The van der Waals surface area contributed by atoms with E-state index in [1.165, 1.54) is 76.2 Å². The third-order valence-corrected chi connectivity index (χ3v) is 4.95. The first kappa shape index (κ1) is 19.3. The number of unbranched alkanes of at least 4 members (excludes halogenated alkanes) is 6. The van der Waals surface area contributed by atoms with Crippen molar-refractivity contribution >= 4 is 0 Å². The minimum absolute atomic E-state index is 0.710. The van der Waals surface area contributed by atoms with E-state index in [2.05, 4.69) is 20.8 Å². The van der Waals surface area contributed by atoms with Gasteiger partial charge in [-0.05, 0) is 56.1 Å². The quantitative estimate of drug-likeness (QED) is 0.367. The van der Waals surface area contributed by atoms with E-state index >= 15 is 0 Å². The summed E-state index contributed by atoms with van der Waals surface area (Å²) in [5, 5.41) is 10.4. The normalized spacial score (nSPS) is 15.8. The molecule has 0 radical (unpaired) electrons. The summed E-state index contributed by atoms with van der Waals surface area (Å²) in [5.74, 6) is 0.710. The Morgan fingerprint density at radius 2 is 1.14 bits per heavy atom. The molecule has 0 atom stereocenters. The van der Waals surface area contributed by atoms with Crippen LogP contribution in [0.2, 0.25) is 0 Å². The van der Waals surface area contributed by atoms with E-state index in [4.69, 9.17) is 0 Å². The summed E-state index contributed by atoms with van der Waals surface area (Å²) < 4.78 is 0. The highest BCUT2D eigenvalue weighted by Gasteiger charge is 2.20. The molecule has 0 spiro atoms. The van der Waals surface area contributed by atoms with Crippen molar-refractivity contribution < 1.29 is 5.11 Å². The van der Waals surface area contributed by atoms with Crippen LogP contribution in [-0.2, 0) is 0 Å². The number of aliphatic hydroxyl groups is 1. The van der Waals surface area contributed by atoms with Gasteiger partial charge in [0.05, 0.1) is 5.76 Å². The van der Waals surface area contributed by atoms with Crippen LogP contribution in [0.3, 0.4) is 0 Å². The summed E-state index contributed by atoms with van der Waals surface area (Å²) in [6.45, 7) is 6.80. The highest BCUT2D eigenvalue weighted by molar-refractivity contribution is 5.40. The van der Waals surface area contributed by atoms with Crippen molar-refractivity contribution in [2.45, 2.75) is 111 Å². The smallest absolute Gasteiger partial charge is 0.0960 e. The molecule has 0 amide bonds. The van der Waals surface area contributed by atoms with Crippen LogP contribution in [-0.4, -0.2) is 5.11 Å². The Kier molecular flexibility index (Phi) is 10.4. The summed E-state index contributed by atoms with van der Waals surface area (Å²) in [6, 6.07) is 0. The molecule has 1 nitrogen and oxygen atoms in total. The Bertz CT molecular complexity index is 362. The maximum Gasteiger partial charge on any atom is 0.0960 e. The molecule has 22 heavy (non-hydrogen) atoms. The lowest BCUT2D eigenvalue weighted by molar-refractivity contribution is 0.371. The van der Waals surface area contributed by atoms with Crippen molar-refractivity contribution in [2.24, 2.45) is 0 Å². The van der Waals surface area contributed by atoms with Gasteiger partial charge in [0.15, 0.2) is 0 Å². The van der Waals surface area contributed by atoms with Gasteiger partial charge in [0.1, 0.15) is 0 Å². The Morgan fingerprint density at radius 1 is 0.636 bits per heavy atom. The van der Waals surface area contributed by atoms with E-state index in [0.29, 0.717) is 5.76 Å². The number of rotatable bonds is 12. The van der Waals surface area contributed by atoms with E-state index in [0.717, 1.165) is 19.3 Å². The van der Waals surface area contributed by atoms with Gasteiger partial charge in [0.2, 0.25) is 0 Å². The van der Waals surface area contributed by atoms with Crippen molar-refractivity contribution in [3.63, 3.8) is 0 Å². The standard InChI is InChI=1S/C21H38O/c1-4-7-10-13-18-16-17-21(22)20(15-12-9-6-3)19(18)14-11-8-5-2/h22H,4-17H2,1-3H3. The predicted molar refractivity (Wildman–Crippen MR) is 98.3 cm³/mol. The summed E-state index contributed by atoms with van der Waals surface area (Å²) in [6.07, 6.45) is 17.2. The number of hydrogen-bond acceptors (Lipinski definition) is 1. The van der Waals surface area contributed by atoms with Gasteiger partial charge in [-0.25, -0.2) is 0 Å². The van der Waals surface area contributed by atoms with Crippen LogP contribution in [0.15, 0.2) is 22.5 Å². The lowest BCUT2D eigenvalue weighted by Crippen LogP contribution is -2.08. The minimum Gasteiger partial charge on any atom is -0.512 e.